The predicted molar refractivity (Wildman–Crippen MR) is 301 cm³/mol. The van der Waals surface area contributed by atoms with Crippen molar-refractivity contribution in [2.45, 2.75) is 103 Å². The summed E-state index contributed by atoms with van der Waals surface area (Å²) >= 11 is 0. The first-order valence-corrected chi connectivity index (χ1v) is 27.1. The van der Waals surface area contributed by atoms with Crippen molar-refractivity contribution in [2.75, 3.05) is 26.2 Å². The second kappa shape index (κ2) is 33.4. The number of carbonyl (C=O) groups is 7. The van der Waals surface area contributed by atoms with Gasteiger partial charge in [-0.15, -0.1) is 0 Å². The molecule has 0 spiro atoms. The maximum absolute atomic E-state index is 14.0. The zero-order valence-corrected chi connectivity index (χ0v) is 45.3. The number of nitrogens with zero attached hydrogens (tertiary/aromatic N) is 2. The van der Waals surface area contributed by atoms with Crippen LogP contribution in [0.3, 0.4) is 0 Å². The van der Waals surface area contributed by atoms with Crippen molar-refractivity contribution >= 4 is 41.4 Å². The molecule has 4 amide bonds. The molecule has 0 fully saturated rings. The fraction of sp³-hybridized carbons (Fsp3) is 0.317. The molecule has 0 radical (unpaired) electrons. The summed E-state index contributed by atoms with van der Waals surface area (Å²) in [6.07, 6.45) is 0.124. The van der Waals surface area contributed by atoms with Crippen LogP contribution in [0.1, 0.15) is 114 Å². The standard InChI is InChI=1S/C63H70N4O14/c68-53(50-28-17-32-54(78-42-46-20-5-1-6-21-46)60(50)80-44-48-24-9-3-10-25-48)31-13-15-39-66(57(70)35-34-56(69)65-52(63(75)76)30-19-41-67(77)58(71)36-37-59(72)73)40-16-14-38-64-62(74)51-29-18-33-55(79-43-47-22-7-2-8-23-47)61(51)81-45-49-26-11-4-12-27-49/h1-12,17-18,20-29,32-33,52,77H,13-16,19,30-31,34-45H2,(H,64,74)(H,65,69)(H,72,73)(H,75,76)/t52-/m0/s1. The number of carbonyl (C=O) groups excluding carboxylic acids is 5. The van der Waals surface area contributed by atoms with Crippen LogP contribution in [-0.4, -0.2) is 99.0 Å². The highest BCUT2D eigenvalue weighted by atomic mass is 16.5. The van der Waals surface area contributed by atoms with Crippen LogP contribution >= 0.6 is 0 Å². The Morgan fingerprint density at radius 2 is 0.926 bits per heavy atom. The lowest BCUT2D eigenvalue weighted by molar-refractivity contribution is -0.166. The Balaban J connectivity index is 1.08. The van der Waals surface area contributed by atoms with Crippen LogP contribution in [0.4, 0.5) is 0 Å². The van der Waals surface area contributed by atoms with E-state index in [9.17, 15) is 43.9 Å². The zero-order valence-electron chi connectivity index (χ0n) is 45.3. The Labute approximate surface area is 471 Å². The molecule has 0 aromatic heterocycles. The van der Waals surface area contributed by atoms with Crippen LogP contribution < -0.4 is 29.6 Å². The van der Waals surface area contributed by atoms with E-state index in [-0.39, 0.29) is 108 Å². The van der Waals surface area contributed by atoms with E-state index in [4.69, 9.17) is 24.1 Å². The Bertz CT molecular complexity index is 2960. The van der Waals surface area contributed by atoms with E-state index >= 15 is 0 Å². The van der Waals surface area contributed by atoms with E-state index in [0.29, 0.717) is 59.3 Å². The van der Waals surface area contributed by atoms with Crippen LogP contribution in [0.15, 0.2) is 158 Å². The summed E-state index contributed by atoms with van der Waals surface area (Å²) < 4.78 is 24.9. The lowest BCUT2D eigenvalue weighted by Gasteiger charge is -2.23. The molecular formula is C63H70N4O14. The van der Waals surface area contributed by atoms with Crippen molar-refractivity contribution in [3.63, 3.8) is 0 Å². The van der Waals surface area contributed by atoms with Gasteiger partial charge in [0.15, 0.2) is 28.8 Å². The minimum absolute atomic E-state index is 0.0313. The monoisotopic (exact) mass is 1110 g/mol. The summed E-state index contributed by atoms with van der Waals surface area (Å²) in [7, 11) is 0. The molecule has 0 saturated carbocycles. The number of nitrogens with one attached hydrogen (secondary N) is 2. The number of benzene rings is 6. The molecule has 0 aliphatic heterocycles. The fourth-order valence-electron chi connectivity index (χ4n) is 8.51. The Hall–Kier alpha value is -9.03. The van der Waals surface area contributed by atoms with E-state index in [0.717, 1.165) is 22.3 Å². The number of para-hydroxylation sites is 2. The molecule has 81 heavy (non-hydrogen) atoms. The number of Topliss-reactive ketones (excluding diaryl/α,β-unsaturated/α-hetero) is 1. The van der Waals surface area contributed by atoms with E-state index in [1.165, 1.54) is 0 Å². The van der Waals surface area contributed by atoms with E-state index in [2.05, 4.69) is 10.6 Å². The molecule has 0 unspecified atom stereocenters. The number of ketones is 1. The second-order valence-electron chi connectivity index (χ2n) is 19.1. The van der Waals surface area contributed by atoms with Crippen LogP contribution in [0.5, 0.6) is 23.0 Å². The number of amides is 4. The molecule has 0 aliphatic rings. The third-order valence-corrected chi connectivity index (χ3v) is 12.9. The van der Waals surface area contributed by atoms with Gasteiger partial charge < -0.3 is 44.7 Å². The van der Waals surface area contributed by atoms with Gasteiger partial charge in [-0.25, -0.2) is 9.86 Å². The summed E-state index contributed by atoms with van der Waals surface area (Å²) in [6.45, 7) is 1.34. The minimum atomic E-state index is -1.39. The quantitative estimate of drug-likeness (QED) is 0.0106. The molecule has 18 heteroatoms. The maximum atomic E-state index is 14.0. The highest BCUT2D eigenvalue weighted by molar-refractivity contribution is 5.99. The van der Waals surface area contributed by atoms with Crippen molar-refractivity contribution in [3.05, 3.63) is 191 Å². The van der Waals surface area contributed by atoms with Crippen molar-refractivity contribution in [1.29, 1.82) is 0 Å². The summed E-state index contributed by atoms with van der Waals surface area (Å²) in [4.78, 5) is 91.4. The van der Waals surface area contributed by atoms with E-state index < -0.39 is 42.6 Å². The average Bonchev–Trinajstić information content (AvgIpc) is 3.51. The molecule has 6 rings (SSSR count). The molecule has 0 heterocycles. The summed E-state index contributed by atoms with van der Waals surface area (Å²) in [5.74, 6) is -3.62. The predicted octanol–water partition coefficient (Wildman–Crippen LogP) is 9.61. The Morgan fingerprint density at radius 1 is 0.457 bits per heavy atom. The molecule has 1 atom stereocenters. The highest BCUT2D eigenvalue weighted by Crippen LogP contribution is 2.35. The normalized spacial score (nSPS) is 11.1. The van der Waals surface area contributed by atoms with Crippen molar-refractivity contribution in [3.8, 4) is 23.0 Å². The molecule has 0 aliphatic carbocycles. The third-order valence-electron chi connectivity index (χ3n) is 12.9. The third kappa shape index (κ3) is 21.3. The first kappa shape index (κ1) is 61.2. The first-order chi connectivity index (χ1) is 39.3. The summed E-state index contributed by atoms with van der Waals surface area (Å²) in [5, 5.41) is 34.3. The molecule has 6 aromatic carbocycles. The topological polar surface area (TPSA) is 248 Å². The number of hydrogen-bond donors (Lipinski definition) is 5. The lowest BCUT2D eigenvalue weighted by atomic mass is 10.0. The van der Waals surface area contributed by atoms with Crippen molar-refractivity contribution in [1.82, 2.24) is 20.6 Å². The average molecular weight is 1110 g/mol. The number of carboxylic acid groups (broad SMARTS) is 2. The number of ether oxygens (including phenoxy) is 4. The largest absolute Gasteiger partial charge is 0.485 e. The zero-order chi connectivity index (χ0) is 57.6. The maximum Gasteiger partial charge on any atom is 0.326 e. The van der Waals surface area contributed by atoms with Gasteiger partial charge in [-0.05, 0) is 85.0 Å². The molecule has 5 N–H and O–H groups in total. The minimum Gasteiger partial charge on any atom is -0.485 e. The second-order valence-corrected chi connectivity index (χ2v) is 19.1. The number of hydrogen-bond acceptors (Lipinski definition) is 12. The van der Waals surface area contributed by atoms with Gasteiger partial charge in [0, 0.05) is 51.9 Å². The van der Waals surface area contributed by atoms with E-state index in [1.807, 2.05) is 121 Å². The molecule has 426 valence electrons. The van der Waals surface area contributed by atoms with Gasteiger partial charge in [0.2, 0.25) is 17.7 Å². The number of unbranched alkanes of at least 4 members (excludes halogenated alkanes) is 2. The Morgan fingerprint density at radius 3 is 1.43 bits per heavy atom. The van der Waals surface area contributed by atoms with Crippen molar-refractivity contribution < 1.29 is 67.9 Å². The molecule has 18 nitrogen and oxygen atoms in total. The SMILES string of the molecule is O=C(O)CCC(=O)N(O)CCC[C@H](NC(=O)CCC(=O)N(CCCCNC(=O)c1cccc(OCc2ccccc2)c1OCc1ccccc1)CCCCC(=O)c1cccc(OCc2ccccc2)c1OCc1ccccc1)C(=O)O. The van der Waals surface area contributed by atoms with Gasteiger partial charge in [-0.1, -0.05) is 133 Å². The fourth-order valence-corrected chi connectivity index (χ4v) is 8.51. The molecule has 0 saturated heterocycles. The van der Waals surface area contributed by atoms with Crippen LogP contribution in [0, 0.1) is 0 Å². The number of carboxylic acids is 2. The highest BCUT2D eigenvalue weighted by Gasteiger charge is 2.24. The summed E-state index contributed by atoms with van der Waals surface area (Å²) in [6, 6.07) is 47.3. The van der Waals surface area contributed by atoms with Crippen LogP contribution in [-0.2, 0) is 50.4 Å². The van der Waals surface area contributed by atoms with Gasteiger partial charge in [-0.3, -0.25) is 34.0 Å². The van der Waals surface area contributed by atoms with Gasteiger partial charge in [0.1, 0.15) is 32.5 Å². The van der Waals surface area contributed by atoms with Gasteiger partial charge >= 0.3 is 11.9 Å². The molecular weight excluding hydrogens is 1040 g/mol. The smallest absolute Gasteiger partial charge is 0.326 e. The van der Waals surface area contributed by atoms with E-state index in [1.54, 1.807) is 41.3 Å². The lowest BCUT2D eigenvalue weighted by Crippen LogP contribution is -2.42. The molecule has 0 bridgehead atoms. The number of rotatable bonds is 36. The van der Waals surface area contributed by atoms with Crippen molar-refractivity contribution in [2.24, 2.45) is 0 Å². The number of aliphatic carboxylic acids is 2. The van der Waals surface area contributed by atoms with Crippen LogP contribution in [0.2, 0.25) is 0 Å². The number of hydroxylamine groups is 2. The van der Waals surface area contributed by atoms with Crippen LogP contribution in [0.25, 0.3) is 0 Å². The van der Waals surface area contributed by atoms with Gasteiger partial charge in [0.25, 0.3) is 5.91 Å². The molecule has 6 aromatic rings. The first-order valence-electron chi connectivity index (χ1n) is 27.1. The Kier molecular flexibility index (Phi) is 25.2. The van der Waals surface area contributed by atoms with Gasteiger partial charge in [-0.2, -0.15) is 0 Å². The van der Waals surface area contributed by atoms with Gasteiger partial charge in [0.05, 0.1) is 17.5 Å². The summed E-state index contributed by atoms with van der Waals surface area (Å²) in [5.41, 5.74) is 4.33.